The molecule has 0 spiro atoms. The van der Waals surface area contributed by atoms with Crippen LogP contribution in [0.1, 0.15) is 22.0 Å². The third kappa shape index (κ3) is 3.08. The normalized spacial score (nSPS) is 18.6. The number of phenolic OH excluding ortho intramolecular Hbond substituents is 1. The number of rotatable bonds is 4. The van der Waals surface area contributed by atoms with Gasteiger partial charge in [0.25, 0.3) is 11.7 Å². The van der Waals surface area contributed by atoms with Gasteiger partial charge in [-0.15, -0.1) is 11.3 Å². The Balaban J connectivity index is 1.90. The second kappa shape index (κ2) is 7.32. The first-order valence-electron chi connectivity index (χ1n) is 8.72. The zero-order valence-electron chi connectivity index (χ0n) is 14.8. The average Bonchev–Trinajstić information content (AvgIpc) is 3.31. The molecule has 2 heterocycles. The molecule has 1 aliphatic heterocycles. The maximum Gasteiger partial charge on any atom is 0.295 e. The van der Waals surface area contributed by atoms with Gasteiger partial charge in [-0.2, -0.15) is 0 Å². The second-order valence-electron chi connectivity index (χ2n) is 6.43. The molecule has 4 rings (SSSR count). The van der Waals surface area contributed by atoms with Crippen LogP contribution in [0.15, 0.2) is 77.7 Å². The summed E-state index contributed by atoms with van der Waals surface area (Å²) in [6.07, 6.45) is 0. The summed E-state index contributed by atoms with van der Waals surface area (Å²) >= 11 is 1.47. The first kappa shape index (κ1) is 18.0. The van der Waals surface area contributed by atoms with Crippen LogP contribution in [0.5, 0.6) is 5.75 Å². The molecule has 6 heteroatoms. The van der Waals surface area contributed by atoms with E-state index in [0.29, 0.717) is 11.1 Å². The van der Waals surface area contributed by atoms with Gasteiger partial charge in [0, 0.05) is 16.0 Å². The van der Waals surface area contributed by atoms with Gasteiger partial charge in [-0.1, -0.05) is 54.6 Å². The number of benzene rings is 2. The molecule has 3 aromatic rings. The van der Waals surface area contributed by atoms with Gasteiger partial charge in [0.1, 0.15) is 11.5 Å². The number of aliphatic hydroxyl groups is 1. The van der Waals surface area contributed by atoms with E-state index in [2.05, 4.69) is 0 Å². The lowest BCUT2D eigenvalue weighted by atomic mass is 9.94. The van der Waals surface area contributed by atoms with Crippen LogP contribution in [0.25, 0.3) is 5.76 Å². The number of carbonyl (C=O) groups excluding carboxylic acids is 2. The molecule has 1 unspecified atom stereocenters. The maximum atomic E-state index is 12.9. The fourth-order valence-electron chi connectivity index (χ4n) is 3.41. The van der Waals surface area contributed by atoms with Gasteiger partial charge >= 0.3 is 0 Å². The van der Waals surface area contributed by atoms with Crippen molar-refractivity contribution < 1.29 is 19.8 Å². The first-order chi connectivity index (χ1) is 13.6. The minimum absolute atomic E-state index is 0.0192. The molecule has 0 aliphatic carbocycles. The highest BCUT2D eigenvalue weighted by molar-refractivity contribution is 7.09. The number of hydrogen-bond donors (Lipinski definition) is 2. The van der Waals surface area contributed by atoms with Gasteiger partial charge in [-0.3, -0.25) is 9.59 Å². The molecular weight excluding hydrogens is 374 g/mol. The molecule has 1 aliphatic rings. The Morgan fingerprint density at radius 3 is 2.36 bits per heavy atom. The molecule has 1 amide bonds. The highest BCUT2D eigenvalue weighted by atomic mass is 32.1. The largest absolute Gasteiger partial charge is 0.508 e. The lowest BCUT2D eigenvalue weighted by molar-refractivity contribution is -0.140. The van der Waals surface area contributed by atoms with Gasteiger partial charge in [0.2, 0.25) is 0 Å². The summed E-state index contributed by atoms with van der Waals surface area (Å²) in [6, 6.07) is 18.1. The number of thiophene rings is 1. The minimum atomic E-state index is -0.872. The van der Waals surface area contributed by atoms with E-state index in [-0.39, 0.29) is 23.6 Å². The number of amides is 1. The minimum Gasteiger partial charge on any atom is -0.508 e. The third-order valence-electron chi connectivity index (χ3n) is 4.72. The molecule has 2 N–H and O–H groups in total. The van der Waals surface area contributed by atoms with Crippen molar-refractivity contribution >= 4 is 28.8 Å². The zero-order chi connectivity index (χ0) is 19.7. The Bertz CT molecular complexity index is 1060. The lowest BCUT2D eigenvalue weighted by Crippen LogP contribution is -2.28. The van der Waals surface area contributed by atoms with Crippen molar-refractivity contribution in [3.05, 3.63) is 93.7 Å². The van der Waals surface area contributed by atoms with Gasteiger partial charge in [-0.05, 0) is 17.5 Å². The van der Waals surface area contributed by atoms with E-state index in [1.54, 1.807) is 48.5 Å². The average molecular weight is 391 g/mol. The lowest BCUT2D eigenvalue weighted by Gasteiger charge is -2.25. The Labute approximate surface area is 165 Å². The predicted molar refractivity (Wildman–Crippen MR) is 107 cm³/mol. The van der Waals surface area contributed by atoms with Crippen molar-refractivity contribution in [2.75, 3.05) is 0 Å². The van der Waals surface area contributed by atoms with Crippen molar-refractivity contribution in [1.29, 1.82) is 0 Å². The van der Waals surface area contributed by atoms with E-state index in [1.165, 1.54) is 22.3 Å². The SMILES string of the molecule is O=C1C(=O)N(Cc2cccs2)C(c2ccccc2O)/C1=C(\O)c1ccccc1. The molecule has 28 heavy (non-hydrogen) atoms. The van der Waals surface area contributed by atoms with Crippen LogP contribution in [-0.4, -0.2) is 26.8 Å². The fourth-order valence-corrected chi connectivity index (χ4v) is 4.11. The van der Waals surface area contributed by atoms with Gasteiger partial charge in [0.15, 0.2) is 0 Å². The molecule has 140 valence electrons. The summed E-state index contributed by atoms with van der Waals surface area (Å²) in [7, 11) is 0. The van der Waals surface area contributed by atoms with Crippen LogP contribution in [0.4, 0.5) is 0 Å². The highest BCUT2D eigenvalue weighted by Crippen LogP contribution is 2.43. The summed E-state index contributed by atoms with van der Waals surface area (Å²) in [4.78, 5) is 28.0. The summed E-state index contributed by atoms with van der Waals surface area (Å²) in [5.74, 6) is -1.74. The van der Waals surface area contributed by atoms with Gasteiger partial charge < -0.3 is 15.1 Å². The van der Waals surface area contributed by atoms with E-state index in [4.69, 9.17) is 0 Å². The van der Waals surface area contributed by atoms with Crippen LogP contribution < -0.4 is 0 Å². The number of Topliss-reactive ketones (excluding diaryl/α,β-unsaturated/α-hetero) is 1. The van der Waals surface area contributed by atoms with Crippen molar-refractivity contribution in [3.63, 3.8) is 0 Å². The summed E-state index contributed by atoms with van der Waals surface area (Å²) in [5.41, 5.74) is 0.821. The van der Waals surface area contributed by atoms with Crippen LogP contribution in [-0.2, 0) is 16.1 Å². The van der Waals surface area contributed by atoms with Crippen molar-refractivity contribution in [2.24, 2.45) is 0 Å². The van der Waals surface area contributed by atoms with E-state index in [0.717, 1.165) is 4.88 Å². The fraction of sp³-hybridized carbons (Fsp3) is 0.0909. The predicted octanol–water partition coefficient (Wildman–Crippen LogP) is 4.08. The Morgan fingerprint density at radius 2 is 1.68 bits per heavy atom. The van der Waals surface area contributed by atoms with Crippen LogP contribution >= 0.6 is 11.3 Å². The van der Waals surface area contributed by atoms with Crippen LogP contribution in [0, 0.1) is 0 Å². The monoisotopic (exact) mass is 391 g/mol. The quantitative estimate of drug-likeness (QED) is 0.399. The first-order valence-corrected chi connectivity index (χ1v) is 9.60. The molecule has 1 aromatic heterocycles. The second-order valence-corrected chi connectivity index (χ2v) is 7.46. The summed E-state index contributed by atoms with van der Waals surface area (Å²) in [6.45, 7) is 0.215. The van der Waals surface area contributed by atoms with Crippen molar-refractivity contribution in [1.82, 2.24) is 4.90 Å². The van der Waals surface area contributed by atoms with Crippen molar-refractivity contribution in [2.45, 2.75) is 12.6 Å². The smallest absolute Gasteiger partial charge is 0.295 e. The zero-order valence-corrected chi connectivity index (χ0v) is 15.6. The standard InChI is InChI=1S/C22H17NO4S/c24-17-11-5-4-10-16(17)19-18(20(25)14-7-2-1-3-8-14)21(26)22(27)23(19)13-15-9-6-12-28-15/h1-12,19,24-25H,13H2/b20-18+. The number of para-hydroxylation sites is 1. The van der Waals surface area contributed by atoms with Crippen molar-refractivity contribution in [3.8, 4) is 5.75 Å². The molecular formula is C22H17NO4S. The van der Waals surface area contributed by atoms with Gasteiger partial charge in [-0.25, -0.2) is 0 Å². The van der Waals surface area contributed by atoms with E-state index >= 15 is 0 Å². The highest BCUT2D eigenvalue weighted by Gasteiger charge is 2.46. The number of ketones is 1. The Kier molecular flexibility index (Phi) is 4.71. The molecule has 1 atom stereocenters. The van der Waals surface area contributed by atoms with Crippen LogP contribution in [0.2, 0.25) is 0 Å². The number of phenols is 1. The van der Waals surface area contributed by atoms with E-state index < -0.39 is 17.7 Å². The molecule has 2 aromatic carbocycles. The van der Waals surface area contributed by atoms with Crippen LogP contribution in [0.3, 0.4) is 0 Å². The Morgan fingerprint density at radius 1 is 0.964 bits per heavy atom. The number of likely N-dealkylation sites (tertiary alicyclic amines) is 1. The molecule has 0 radical (unpaired) electrons. The Hall–Kier alpha value is -3.38. The van der Waals surface area contributed by atoms with E-state index in [1.807, 2.05) is 17.5 Å². The van der Waals surface area contributed by atoms with E-state index in [9.17, 15) is 19.8 Å². The molecule has 5 nitrogen and oxygen atoms in total. The molecule has 0 saturated carbocycles. The van der Waals surface area contributed by atoms with Gasteiger partial charge in [0.05, 0.1) is 18.2 Å². The number of aromatic hydroxyl groups is 1. The number of carbonyl (C=O) groups is 2. The molecule has 1 fully saturated rings. The third-order valence-corrected chi connectivity index (χ3v) is 5.59. The summed E-state index contributed by atoms with van der Waals surface area (Å²) < 4.78 is 0. The topological polar surface area (TPSA) is 77.8 Å². The number of nitrogens with zero attached hydrogens (tertiary/aromatic N) is 1. The number of hydrogen-bond acceptors (Lipinski definition) is 5. The molecule has 1 saturated heterocycles. The summed E-state index contributed by atoms with van der Waals surface area (Å²) in [5, 5.41) is 23.2. The maximum absolute atomic E-state index is 12.9. The molecule has 0 bridgehead atoms. The number of aliphatic hydroxyl groups excluding tert-OH is 1.